The second kappa shape index (κ2) is 4.85. The lowest BCUT2D eigenvalue weighted by molar-refractivity contribution is -0.167. The van der Waals surface area contributed by atoms with Gasteiger partial charge in [0.25, 0.3) is 0 Å². The molecule has 0 fully saturated rings. The monoisotopic (exact) mass is 297 g/mol. The molecule has 1 heterocycles. The Morgan fingerprint density at radius 3 is 3.06 bits per heavy atom. The molecule has 2 aromatic rings. The molecule has 0 saturated carbocycles. The number of aromatic amines is 1. The molecule has 2 rings (SSSR count). The van der Waals surface area contributed by atoms with E-state index in [0.29, 0.717) is 0 Å². The minimum Gasteiger partial charge on any atom is -0.278 e. The fraction of sp³-hybridized carbons (Fsp3) is 0.273. The van der Waals surface area contributed by atoms with Crippen LogP contribution in [0.2, 0.25) is 0 Å². The SMILES string of the molecule is CON(C)C(=O)Cc1cc2[nH]ncc2cc1Br. The minimum atomic E-state index is -0.105. The van der Waals surface area contributed by atoms with Gasteiger partial charge in [0.2, 0.25) is 5.91 Å². The van der Waals surface area contributed by atoms with Gasteiger partial charge in [0.1, 0.15) is 0 Å². The van der Waals surface area contributed by atoms with Crippen LogP contribution in [0.1, 0.15) is 5.56 Å². The van der Waals surface area contributed by atoms with Gasteiger partial charge in [0.15, 0.2) is 0 Å². The third kappa shape index (κ3) is 2.48. The summed E-state index contributed by atoms with van der Waals surface area (Å²) in [7, 11) is 3.05. The van der Waals surface area contributed by atoms with Gasteiger partial charge in [-0.3, -0.25) is 14.7 Å². The molecule has 1 N–H and O–H groups in total. The maximum Gasteiger partial charge on any atom is 0.250 e. The van der Waals surface area contributed by atoms with E-state index >= 15 is 0 Å². The Hall–Kier alpha value is -1.40. The second-order valence-electron chi connectivity index (χ2n) is 3.65. The zero-order valence-electron chi connectivity index (χ0n) is 9.53. The van der Waals surface area contributed by atoms with E-state index in [9.17, 15) is 4.79 Å². The number of amides is 1. The van der Waals surface area contributed by atoms with Gasteiger partial charge in [-0.2, -0.15) is 5.10 Å². The molecule has 0 bridgehead atoms. The van der Waals surface area contributed by atoms with Crippen LogP contribution < -0.4 is 0 Å². The molecule has 0 spiro atoms. The number of rotatable bonds is 3. The van der Waals surface area contributed by atoms with Gasteiger partial charge >= 0.3 is 0 Å². The molecule has 0 aliphatic carbocycles. The molecule has 0 aliphatic heterocycles. The van der Waals surface area contributed by atoms with Gasteiger partial charge in [-0.15, -0.1) is 0 Å². The van der Waals surface area contributed by atoms with Crippen LogP contribution in [0.3, 0.4) is 0 Å². The maximum absolute atomic E-state index is 11.7. The van der Waals surface area contributed by atoms with Crippen molar-refractivity contribution < 1.29 is 9.63 Å². The van der Waals surface area contributed by atoms with Crippen LogP contribution in [-0.2, 0) is 16.1 Å². The molecule has 17 heavy (non-hydrogen) atoms. The number of H-pyrrole nitrogens is 1. The van der Waals surface area contributed by atoms with Crippen LogP contribution in [0.15, 0.2) is 22.8 Å². The van der Waals surface area contributed by atoms with Crippen molar-refractivity contribution >= 4 is 32.7 Å². The molecule has 0 aliphatic rings. The molecule has 1 amide bonds. The molecule has 0 radical (unpaired) electrons. The molecule has 1 aromatic carbocycles. The summed E-state index contributed by atoms with van der Waals surface area (Å²) in [5.74, 6) is -0.105. The van der Waals surface area contributed by atoms with Crippen LogP contribution in [0, 0.1) is 0 Å². The number of fused-ring (bicyclic) bond motifs is 1. The van der Waals surface area contributed by atoms with E-state index in [1.807, 2.05) is 12.1 Å². The smallest absolute Gasteiger partial charge is 0.250 e. The Bertz CT molecular complexity index is 553. The van der Waals surface area contributed by atoms with Gasteiger partial charge in [0.05, 0.1) is 25.2 Å². The number of hydroxylamine groups is 2. The summed E-state index contributed by atoms with van der Waals surface area (Å²) in [6, 6.07) is 3.85. The van der Waals surface area contributed by atoms with Crippen LogP contribution in [-0.4, -0.2) is 35.3 Å². The number of nitrogens with zero attached hydrogens (tertiary/aromatic N) is 2. The van der Waals surface area contributed by atoms with E-state index in [1.165, 1.54) is 12.2 Å². The molecular formula is C11H12BrN3O2. The average molecular weight is 298 g/mol. The Labute approximate surface area is 107 Å². The van der Waals surface area contributed by atoms with E-state index in [1.54, 1.807) is 13.2 Å². The van der Waals surface area contributed by atoms with Gasteiger partial charge in [-0.1, -0.05) is 15.9 Å². The van der Waals surface area contributed by atoms with Gasteiger partial charge in [-0.05, 0) is 17.7 Å². The molecule has 6 heteroatoms. The zero-order chi connectivity index (χ0) is 12.4. The Kier molecular flexibility index (Phi) is 3.44. The topological polar surface area (TPSA) is 58.2 Å². The van der Waals surface area contributed by atoms with Crippen LogP contribution in [0.25, 0.3) is 10.9 Å². The lowest BCUT2D eigenvalue weighted by atomic mass is 10.1. The predicted octanol–water partition coefficient (Wildman–Crippen LogP) is 1.89. The van der Waals surface area contributed by atoms with Crippen molar-refractivity contribution in [1.82, 2.24) is 15.3 Å². The fourth-order valence-corrected chi connectivity index (χ4v) is 2.02. The molecule has 0 saturated heterocycles. The van der Waals surface area contributed by atoms with E-state index in [2.05, 4.69) is 26.1 Å². The van der Waals surface area contributed by atoms with Crippen molar-refractivity contribution in [2.24, 2.45) is 0 Å². The van der Waals surface area contributed by atoms with Crippen molar-refractivity contribution in [3.05, 3.63) is 28.4 Å². The fourth-order valence-electron chi connectivity index (χ4n) is 1.52. The number of halogens is 1. The highest BCUT2D eigenvalue weighted by Gasteiger charge is 2.12. The Morgan fingerprint density at radius 2 is 2.35 bits per heavy atom. The largest absolute Gasteiger partial charge is 0.278 e. The van der Waals surface area contributed by atoms with Crippen LogP contribution >= 0.6 is 15.9 Å². The highest BCUT2D eigenvalue weighted by Crippen LogP contribution is 2.23. The van der Waals surface area contributed by atoms with Crippen molar-refractivity contribution in [2.75, 3.05) is 14.2 Å². The molecule has 0 atom stereocenters. The summed E-state index contributed by atoms with van der Waals surface area (Å²) in [5.41, 5.74) is 1.81. The minimum absolute atomic E-state index is 0.105. The Morgan fingerprint density at radius 1 is 1.59 bits per heavy atom. The van der Waals surface area contributed by atoms with E-state index in [0.717, 1.165) is 20.9 Å². The number of hydrogen-bond donors (Lipinski definition) is 1. The van der Waals surface area contributed by atoms with E-state index in [-0.39, 0.29) is 12.3 Å². The highest BCUT2D eigenvalue weighted by molar-refractivity contribution is 9.10. The predicted molar refractivity (Wildman–Crippen MR) is 67.3 cm³/mol. The van der Waals surface area contributed by atoms with Crippen molar-refractivity contribution in [3.8, 4) is 0 Å². The first-order chi connectivity index (χ1) is 8.11. The number of likely N-dealkylation sites (N-methyl/N-ethyl adjacent to an activating group) is 1. The maximum atomic E-state index is 11.7. The van der Waals surface area contributed by atoms with Gasteiger partial charge in [-0.25, -0.2) is 5.06 Å². The summed E-state index contributed by atoms with van der Waals surface area (Å²) in [4.78, 5) is 16.6. The summed E-state index contributed by atoms with van der Waals surface area (Å²) in [6.45, 7) is 0. The average Bonchev–Trinajstić information content (AvgIpc) is 2.75. The second-order valence-corrected chi connectivity index (χ2v) is 4.51. The van der Waals surface area contributed by atoms with Gasteiger partial charge < -0.3 is 0 Å². The summed E-state index contributed by atoms with van der Waals surface area (Å²) < 4.78 is 0.893. The highest BCUT2D eigenvalue weighted by atomic mass is 79.9. The van der Waals surface area contributed by atoms with Gasteiger partial charge in [0, 0.05) is 16.9 Å². The van der Waals surface area contributed by atoms with Crippen molar-refractivity contribution in [3.63, 3.8) is 0 Å². The molecule has 0 unspecified atom stereocenters. The number of benzene rings is 1. The number of aromatic nitrogens is 2. The van der Waals surface area contributed by atoms with Crippen molar-refractivity contribution in [2.45, 2.75) is 6.42 Å². The summed E-state index contributed by atoms with van der Waals surface area (Å²) in [6.07, 6.45) is 2.02. The molecule has 5 nitrogen and oxygen atoms in total. The first kappa shape index (κ1) is 12.1. The summed E-state index contributed by atoms with van der Waals surface area (Å²) in [5, 5.41) is 9.04. The number of nitrogens with one attached hydrogen (secondary N) is 1. The number of hydrogen-bond acceptors (Lipinski definition) is 3. The Balaban J connectivity index is 2.29. The first-order valence-corrected chi connectivity index (χ1v) is 5.83. The number of carbonyl (C=O) groups is 1. The molecule has 90 valence electrons. The lowest BCUT2D eigenvalue weighted by Gasteiger charge is -2.14. The third-order valence-electron chi connectivity index (χ3n) is 2.57. The van der Waals surface area contributed by atoms with E-state index < -0.39 is 0 Å². The standard InChI is InChI=1S/C11H12BrN3O2/c1-15(17-2)11(16)5-7-4-10-8(3-9(7)12)6-13-14-10/h3-4,6H,5H2,1-2H3,(H,13,14). The van der Waals surface area contributed by atoms with E-state index in [4.69, 9.17) is 4.84 Å². The lowest BCUT2D eigenvalue weighted by Crippen LogP contribution is -2.27. The van der Waals surface area contributed by atoms with Crippen LogP contribution in [0.4, 0.5) is 0 Å². The summed E-state index contributed by atoms with van der Waals surface area (Å²) >= 11 is 3.45. The van der Waals surface area contributed by atoms with Crippen LogP contribution in [0.5, 0.6) is 0 Å². The third-order valence-corrected chi connectivity index (χ3v) is 3.31. The normalized spacial score (nSPS) is 10.8. The first-order valence-electron chi connectivity index (χ1n) is 5.04. The zero-order valence-corrected chi connectivity index (χ0v) is 11.1. The quantitative estimate of drug-likeness (QED) is 0.880. The van der Waals surface area contributed by atoms with Crippen molar-refractivity contribution in [1.29, 1.82) is 0 Å². The molecular weight excluding hydrogens is 286 g/mol. The molecule has 1 aromatic heterocycles. The number of carbonyl (C=O) groups excluding carboxylic acids is 1.